The summed E-state index contributed by atoms with van der Waals surface area (Å²) in [6.07, 6.45) is 0.106. The van der Waals surface area contributed by atoms with Gasteiger partial charge in [0.25, 0.3) is 5.91 Å². The van der Waals surface area contributed by atoms with E-state index in [0.29, 0.717) is 13.2 Å². The van der Waals surface area contributed by atoms with Crippen LogP contribution in [0.25, 0.3) is 0 Å². The summed E-state index contributed by atoms with van der Waals surface area (Å²) in [5, 5.41) is 0. The third-order valence-electron chi connectivity index (χ3n) is 3.03. The van der Waals surface area contributed by atoms with Gasteiger partial charge in [-0.3, -0.25) is 4.79 Å². The molecule has 0 saturated carbocycles. The third kappa shape index (κ3) is 3.05. The van der Waals surface area contributed by atoms with E-state index in [2.05, 4.69) is 38.5 Å². The molecule has 0 bridgehead atoms. The molecule has 0 spiro atoms. The molecule has 1 aromatic carbocycles. The average molecular weight is 424 g/mol. The standard InChI is InChI=1S/C13H15BrINO2/c1-8-7-18-9(2)6-16(8)13(17)11-5-10(14)3-4-12(11)15/h3-5,8-9H,6-7H2,1-2H3. The SMILES string of the molecule is CC1CN(C(=O)c2cc(Br)ccc2I)C(C)CO1. The third-order valence-corrected chi connectivity index (χ3v) is 4.46. The lowest BCUT2D eigenvalue weighted by molar-refractivity contribution is -0.0387. The van der Waals surface area contributed by atoms with E-state index in [9.17, 15) is 4.79 Å². The molecule has 2 rings (SSSR count). The molecule has 0 radical (unpaired) electrons. The maximum absolute atomic E-state index is 12.6. The van der Waals surface area contributed by atoms with Gasteiger partial charge in [-0.25, -0.2) is 0 Å². The van der Waals surface area contributed by atoms with E-state index in [4.69, 9.17) is 4.74 Å². The van der Waals surface area contributed by atoms with Crippen LogP contribution in [-0.2, 0) is 4.74 Å². The van der Waals surface area contributed by atoms with Crippen LogP contribution in [0.1, 0.15) is 24.2 Å². The van der Waals surface area contributed by atoms with Crippen LogP contribution in [0.15, 0.2) is 22.7 Å². The fourth-order valence-electron chi connectivity index (χ4n) is 2.00. The van der Waals surface area contributed by atoms with Crippen LogP contribution in [0.5, 0.6) is 0 Å². The van der Waals surface area contributed by atoms with Crippen molar-refractivity contribution in [3.63, 3.8) is 0 Å². The van der Waals surface area contributed by atoms with Crippen LogP contribution < -0.4 is 0 Å². The molecule has 18 heavy (non-hydrogen) atoms. The molecule has 0 aromatic heterocycles. The molecule has 1 saturated heterocycles. The number of amides is 1. The number of carbonyl (C=O) groups is 1. The number of halogens is 2. The zero-order chi connectivity index (χ0) is 13.3. The number of hydrogen-bond donors (Lipinski definition) is 0. The summed E-state index contributed by atoms with van der Waals surface area (Å²) in [5.41, 5.74) is 0.755. The molecule has 1 aromatic rings. The van der Waals surface area contributed by atoms with Gasteiger partial charge in [-0.15, -0.1) is 0 Å². The summed E-state index contributed by atoms with van der Waals surface area (Å²) in [6, 6.07) is 5.91. The number of rotatable bonds is 1. The summed E-state index contributed by atoms with van der Waals surface area (Å²) < 4.78 is 7.46. The van der Waals surface area contributed by atoms with Crippen molar-refractivity contribution in [2.75, 3.05) is 13.2 Å². The highest BCUT2D eigenvalue weighted by atomic mass is 127. The molecule has 1 fully saturated rings. The first kappa shape index (κ1) is 14.3. The zero-order valence-corrected chi connectivity index (χ0v) is 14.1. The van der Waals surface area contributed by atoms with Gasteiger partial charge in [0.05, 0.1) is 24.3 Å². The van der Waals surface area contributed by atoms with Gasteiger partial charge >= 0.3 is 0 Å². The summed E-state index contributed by atoms with van der Waals surface area (Å²) in [4.78, 5) is 14.5. The minimum atomic E-state index is 0.0864. The minimum Gasteiger partial charge on any atom is -0.375 e. The van der Waals surface area contributed by atoms with Gasteiger partial charge in [-0.1, -0.05) is 15.9 Å². The molecule has 0 aliphatic carbocycles. The van der Waals surface area contributed by atoms with Crippen LogP contribution >= 0.6 is 38.5 Å². The summed E-state index contributed by atoms with van der Waals surface area (Å²) in [6.45, 7) is 5.28. The molecular weight excluding hydrogens is 409 g/mol. The highest BCUT2D eigenvalue weighted by molar-refractivity contribution is 14.1. The fourth-order valence-corrected chi connectivity index (χ4v) is 2.93. The van der Waals surface area contributed by atoms with Gasteiger partial charge in [0, 0.05) is 14.6 Å². The molecule has 3 nitrogen and oxygen atoms in total. The second-order valence-electron chi connectivity index (χ2n) is 4.57. The lowest BCUT2D eigenvalue weighted by Gasteiger charge is -2.37. The van der Waals surface area contributed by atoms with E-state index >= 15 is 0 Å². The van der Waals surface area contributed by atoms with Crippen LogP contribution in [0.2, 0.25) is 0 Å². The van der Waals surface area contributed by atoms with E-state index in [0.717, 1.165) is 13.6 Å². The van der Waals surface area contributed by atoms with Crippen LogP contribution in [0.3, 0.4) is 0 Å². The van der Waals surface area contributed by atoms with Crippen molar-refractivity contribution in [1.82, 2.24) is 4.90 Å². The molecule has 1 aliphatic heterocycles. The Morgan fingerprint density at radius 2 is 2.22 bits per heavy atom. The van der Waals surface area contributed by atoms with Crippen LogP contribution in [0, 0.1) is 3.57 Å². The van der Waals surface area contributed by atoms with E-state index < -0.39 is 0 Å². The molecule has 2 unspecified atom stereocenters. The second kappa shape index (κ2) is 5.88. The second-order valence-corrected chi connectivity index (χ2v) is 6.65. The number of ether oxygens (including phenoxy) is 1. The number of morpholine rings is 1. The predicted molar refractivity (Wildman–Crippen MR) is 82.8 cm³/mol. The van der Waals surface area contributed by atoms with E-state index in [1.54, 1.807) is 0 Å². The molecule has 1 amide bonds. The van der Waals surface area contributed by atoms with Crippen molar-refractivity contribution in [2.45, 2.75) is 26.0 Å². The Labute approximate surface area is 129 Å². The Morgan fingerprint density at radius 3 is 2.94 bits per heavy atom. The van der Waals surface area contributed by atoms with Crippen LogP contribution in [0.4, 0.5) is 0 Å². The number of benzene rings is 1. The molecular formula is C13H15BrINO2. The smallest absolute Gasteiger partial charge is 0.255 e. The predicted octanol–water partition coefficient (Wildman–Crippen LogP) is 3.30. The topological polar surface area (TPSA) is 29.5 Å². The van der Waals surface area contributed by atoms with Gasteiger partial charge in [-0.05, 0) is 54.6 Å². The Bertz CT molecular complexity index is 466. The zero-order valence-electron chi connectivity index (χ0n) is 10.3. The number of carbonyl (C=O) groups excluding carboxylic acids is 1. The molecule has 5 heteroatoms. The van der Waals surface area contributed by atoms with Gasteiger partial charge in [0.15, 0.2) is 0 Å². The molecule has 98 valence electrons. The monoisotopic (exact) mass is 423 g/mol. The van der Waals surface area contributed by atoms with E-state index in [1.165, 1.54) is 0 Å². The normalized spacial score (nSPS) is 24.1. The molecule has 1 heterocycles. The summed E-state index contributed by atoms with van der Waals surface area (Å²) >= 11 is 5.62. The number of nitrogens with zero attached hydrogens (tertiary/aromatic N) is 1. The lowest BCUT2D eigenvalue weighted by atomic mass is 10.1. The van der Waals surface area contributed by atoms with Gasteiger partial charge in [0.1, 0.15) is 0 Å². The lowest BCUT2D eigenvalue weighted by Crippen LogP contribution is -2.50. The number of hydrogen-bond acceptors (Lipinski definition) is 2. The summed E-state index contributed by atoms with van der Waals surface area (Å²) in [5.74, 6) is 0.0864. The van der Waals surface area contributed by atoms with Crippen molar-refractivity contribution < 1.29 is 9.53 Å². The van der Waals surface area contributed by atoms with E-state index in [1.807, 2.05) is 36.9 Å². The van der Waals surface area contributed by atoms with Crippen molar-refractivity contribution in [3.05, 3.63) is 31.8 Å². The Hall–Kier alpha value is -0.140. The van der Waals surface area contributed by atoms with Crippen molar-refractivity contribution >= 4 is 44.4 Å². The molecule has 1 aliphatic rings. The highest BCUT2D eigenvalue weighted by Gasteiger charge is 2.29. The first-order valence-electron chi connectivity index (χ1n) is 5.86. The Balaban J connectivity index is 2.27. The first-order chi connectivity index (χ1) is 8.49. The average Bonchev–Trinajstić information content (AvgIpc) is 2.34. The maximum atomic E-state index is 12.6. The summed E-state index contributed by atoms with van der Waals surface area (Å²) in [7, 11) is 0. The minimum absolute atomic E-state index is 0.0864. The van der Waals surface area contributed by atoms with Gasteiger partial charge in [0.2, 0.25) is 0 Å². The first-order valence-corrected chi connectivity index (χ1v) is 7.74. The van der Waals surface area contributed by atoms with Crippen molar-refractivity contribution in [1.29, 1.82) is 0 Å². The highest BCUT2D eigenvalue weighted by Crippen LogP contribution is 2.22. The van der Waals surface area contributed by atoms with Crippen molar-refractivity contribution in [2.24, 2.45) is 0 Å². The van der Waals surface area contributed by atoms with Gasteiger partial charge < -0.3 is 9.64 Å². The van der Waals surface area contributed by atoms with E-state index in [-0.39, 0.29) is 18.1 Å². The Morgan fingerprint density at radius 1 is 1.50 bits per heavy atom. The van der Waals surface area contributed by atoms with Crippen molar-refractivity contribution in [3.8, 4) is 0 Å². The van der Waals surface area contributed by atoms with Gasteiger partial charge in [-0.2, -0.15) is 0 Å². The Kier molecular flexibility index (Phi) is 4.66. The molecule has 0 N–H and O–H groups in total. The maximum Gasteiger partial charge on any atom is 0.255 e. The molecule has 2 atom stereocenters. The quantitative estimate of drug-likeness (QED) is 0.648. The fraction of sp³-hybridized carbons (Fsp3) is 0.462. The largest absolute Gasteiger partial charge is 0.375 e. The van der Waals surface area contributed by atoms with Crippen LogP contribution in [-0.4, -0.2) is 36.1 Å².